The Morgan fingerprint density at radius 1 is 1.18 bits per heavy atom. The van der Waals surface area contributed by atoms with Gasteiger partial charge in [-0.1, -0.05) is 74.4 Å². The van der Waals surface area contributed by atoms with Crippen LogP contribution < -0.4 is 0 Å². The minimum absolute atomic E-state index is 0.101. The summed E-state index contributed by atoms with van der Waals surface area (Å²) in [4.78, 5) is 0. The van der Waals surface area contributed by atoms with Crippen LogP contribution in [0.25, 0.3) is 10.8 Å². The van der Waals surface area contributed by atoms with Gasteiger partial charge in [-0.2, -0.15) is 5.26 Å². The van der Waals surface area contributed by atoms with Crippen LogP contribution in [0.2, 0.25) is 0 Å². The maximum absolute atomic E-state index is 8.57. The number of nitrogens with zero attached hydrogens (tertiary/aromatic N) is 1. The van der Waals surface area contributed by atoms with Gasteiger partial charge in [0.05, 0.1) is 15.7 Å². The summed E-state index contributed by atoms with van der Waals surface area (Å²) in [6.45, 7) is 6.12. The normalized spacial score (nSPS) is 10.5. The van der Waals surface area contributed by atoms with Gasteiger partial charge >= 0.3 is 0 Å². The molecule has 0 N–H and O–H groups in total. The molecule has 2 aromatic carbocycles. The third kappa shape index (κ3) is 5.79. The summed E-state index contributed by atoms with van der Waals surface area (Å²) >= 11 is 9.25. The highest BCUT2D eigenvalue weighted by Gasteiger charge is 2.14. The number of benzene rings is 2. The molecule has 0 bridgehead atoms. The topological polar surface area (TPSA) is 23.8 Å². The van der Waals surface area contributed by atoms with Gasteiger partial charge in [-0.25, -0.2) is 0 Å². The fourth-order valence-electron chi connectivity index (χ4n) is 2.09. The molecule has 0 unspecified atom stereocenters. The Balaban J connectivity index is 0.000000239. The lowest BCUT2D eigenvalue weighted by atomic mass is 9.89. The summed E-state index contributed by atoms with van der Waals surface area (Å²) in [5.74, 6) is 0. The zero-order valence-electron chi connectivity index (χ0n) is 13.5. The summed E-state index contributed by atoms with van der Waals surface area (Å²) in [5, 5.41) is 10.9. The maximum Gasteiger partial charge on any atom is 0.0754 e. The van der Waals surface area contributed by atoms with Crippen molar-refractivity contribution in [1.29, 1.82) is 5.26 Å². The first-order valence-electron chi connectivity index (χ1n) is 7.53. The predicted molar refractivity (Wildman–Crippen MR) is 104 cm³/mol. The zero-order chi connectivity index (χ0) is 16.6. The van der Waals surface area contributed by atoms with Gasteiger partial charge in [-0.05, 0) is 31.0 Å². The standard InChI is InChI=1S/C11H8S2.C8H15N/c12-11(13)10-7-3-5-8-4-1-2-6-9(8)10;1-4-5-6-8(2,3)7-9/h1-7H,(H,12,13);4-6H2,1-3H3. The van der Waals surface area contributed by atoms with E-state index in [-0.39, 0.29) is 5.41 Å². The first-order valence-corrected chi connectivity index (χ1v) is 8.39. The second-order valence-electron chi connectivity index (χ2n) is 5.93. The molecule has 0 spiro atoms. The van der Waals surface area contributed by atoms with Crippen LogP contribution in [0, 0.1) is 16.7 Å². The van der Waals surface area contributed by atoms with Crippen LogP contribution in [0.3, 0.4) is 0 Å². The molecule has 0 aromatic heterocycles. The summed E-state index contributed by atoms with van der Waals surface area (Å²) in [7, 11) is 0. The molecule has 0 saturated heterocycles. The van der Waals surface area contributed by atoms with E-state index < -0.39 is 0 Å². The molecule has 116 valence electrons. The second kappa shape index (κ2) is 8.92. The minimum Gasteiger partial charge on any atom is -0.198 e. The predicted octanol–water partition coefficient (Wildman–Crippen LogP) is 6.17. The molecular formula is C19H23NS2. The van der Waals surface area contributed by atoms with E-state index in [4.69, 9.17) is 17.5 Å². The molecule has 2 rings (SSSR count). The highest BCUT2D eigenvalue weighted by atomic mass is 32.1. The number of nitriles is 1. The molecule has 0 aliphatic carbocycles. The Hall–Kier alpha value is -1.37. The van der Waals surface area contributed by atoms with Crippen molar-refractivity contribution in [1.82, 2.24) is 0 Å². The fraction of sp³-hybridized carbons (Fsp3) is 0.368. The van der Waals surface area contributed by atoms with Crippen LogP contribution in [-0.2, 0) is 0 Å². The van der Waals surface area contributed by atoms with E-state index in [9.17, 15) is 0 Å². The largest absolute Gasteiger partial charge is 0.198 e. The summed E-state index contributed by atoms with van der Waals surface area (Å²) < 4.78 is 0.650. The average molecular weight is 330 g/mol. The number of thiocarbonyl (C=S) groups is 1. The monoisotopic (exact) mass is 329 g/mol. The van der Waals surface area contributed by atoms with Gasteiger partial charge < -0.3 is 0 Å². The van der Waals surface area contributed by atoms with Crippen LogP contribution in [0.4, 0.5) is 0 Å². The Bertz CT molecular complexity index is 663. The van der Waals surface area contributed by atoms with Crippen LogP contribution in [0.5, 0.6) is 0 Å². The Labute approximate surface area is 144 Å². The molecule has 0 radical (unpaired) electrons. The van der Waals surface area contributed by atoms with Crippen molar-refractivity contribution in [2.45, 2.75) is 40.0 Å². The lowest BCUT2D eigenvalue weighted by Crippen LogP contribution is -2.06. The molecule has 0 aliphatic heterocycles. The molecule has 0 heterocycles. The van der Waals surface area contributed by atoms with Crippen LogP contribution in [0.1, 0.15) is 45.6 Å². The third-order valence-corrected chi connectivity index (χ3v) is 3.94. The number of rotatable bonds is 4. The number of fused-ring (bicyclic) bond motifs is 1. The van der Waals surface area contributed by atoms with Gasteiger partial charge in [-0.15, -0.1) is 12.6 Å². The van der Waals surface area contributed by atoms with E-state index in [1.165, 1.54) is 23.6 Å². The summed E-state index contributed by atoms with van der Waals surface area (Å²) in [6.07, 6.45) is 3.38. The van der Waals surface area contributed by atoms with E-state index in [0.717, 1.165) is 12.0 Å². The Morgan fingerprint density at radius 2 is 1.82 bits per heavy atom. The van der Waals surface area contributed by atoms with Crippen LogP contribution in [0.15, 0.2) is 42.5 Å². The van der Waals surface area contributed by atoms with Crippen molar-refractivity contribution in [2.24, 2.45) is 5.41 Å². The second-order valence-corrected chi connectivity index (χ2v) is 7.09. The lowest BCUT2D eigenvalue weighted by molar-refractivity contribution is 0.432. The van der Waals surface area contributed by atoms with Crippen LogP contribution >= 0.6 is 24.8 Å². The number of hydrogen-bond donors (Lipinski definition) is 1. The molecule has 0 amide bonds. The molecular weight excluding hydrogens is 306 g/mol. The van der Waals surface area contributed by atoms with Gasteiger partial charge in [0.2, 0.25) is 0 Å². The van der Waals surface area contributed by atoms with Gasteiger partial charge in [-0.3, -0.25) is 0 Å². The average Bonchev–Trinajstić information content (AvgIpc) is 2.53. The van der Waals surface area contributed by atoms with Crippen LogP contribution in [-0.4, -0.2) is 4.20 Å². The zero-order valence-corrected chi connectivity index (χ0v) is 15.2. The quantitative estimate of drug-likeness (QED) is 0.535. The summed E-state index contributed by atoms with van der Waals surface area (Å²) in [5.41, 5.74) is 0.937. The van der Waals surface area contributed by atoms with E-state index in [1.807, 2.05) is 38.1 Å². The van der Waals surface area contributed by atoms with Crippen molar-refractivity contribution in [3.63, 3.8) is 0 Å². The molecule has 0 aliphatic rings. The van der Waals surface area contributed by atoms with Crippen molar-refractivity contribution >= 4 is 39.8 Å². The van der Waals surface area contributed by atoms with Gasteiger partial charge in [0.1, 0.15) is 0 Å². The third-order valence-electron chi connectivity index (χ3n) is 3.48. The van der Waals surface area contributed by atoms with Gasteiger partial charge in [0.25, 0.3) is 0 Å². The van der Waals surface area contributed by atoms with Gasteiger partial charge in [0.15, 0.2) is 0 Å². The molecule has 3 heteroatoms. The van der Waals surface area contributed by atoms with Crippen molar-refractivity contribution in [3.05, 3.63) is 48.0 Å². The minimum atomic E-state index is -0.101. The fourth-order valence-corrected chi connectivity index (χ4v) is 2.46. The molecule has 0 saturated carbocycles. The van der Waals surface area contributed by atoms with Crippen molar-refractivity contribution < 1.29 is 0 Å². The molecule has 0 fully saturated rings. The smallest absolute Gasteiger partial charge is 0.0754 e. The molecule has 22 heavy (non-hydrogen) atoms. The number of hydrogen-bond acceptors (Lipinski definition) is 2. The lowest BCUT2D eigenvalue weighted by Gasteiger charge is -2.12. The van der Waals surface area contributed by atoms with Gasteiger partial charge in [0, 0.05) is 5.56 Å². The molecule has 1 nitrogen and oxygen atoms in total. The number of unbranched alkanes of at least 4 members (excludes halogenated alkanes) is 1. The van der Waals surface area contributed by atoms with E-state index in [2.05, 4.69) is 43.8 Å². The maximum atomic E-state index is 8.57. The molecule has 0 atom stereocenters. The van der Waals surface area contributed by atoms with E-state index >= 15 is 0 Å². The van der Waals surface area contributed by atoms with Crippen molar-refractivity contribution in [3.8, 4) is 6.07 Å². The highest BCUT2D eigenvalue weighted by molar-refractivity contribution is 8.11. The Morgan fingerprint density at radius 3 is 2.41 bits per heavy atom. The molecule has 2 aromatic rings. The number of thiol groups is 1. The van der Waals surface area contributed by atoms with Crippen molar-refractivity contribution in [2.75, 3.05) is 0 Å². The van der Waals surface area contributed by atoms with E-state index in [0.29, 0.717) is 4.20 Å². The van der Waals surface area contributed by atoms with E-state index in [1.54, 1.807) is 0 Å². The SMILES string of the molecule is CCCCC(C)(C)C#N.S=C(S)c1cccc2ccccc12. The Kier molecular flexibility index (Phi) is 7.58. The first kappa shape index (κ1) is 18.7. The first-order chi connectivity index (χ1) is 10.4. The highest BCUT2D eigenvalue weighted by Crippen LogP contribution is 2.21. The summed E-state index contributed by atoms with van der Waals surface area (Å²) in [6, 6.07) is 16.5.